The highest BCUT2D eigenvalue weighted by Gasteiger charge is 2.07. The molecule has 0 heterocycles. The number of unbranched alkanes of at least 4 members (excludes halogenated alkanes) is 15. The predicted molar refractivity (Wildman–Crippen MR) is 109 cm³/mol. The van der Waals surface area contributed by atoms with Crippen molar-refractivity contribution in [3.63, 3.8) is 0 Å². The highest BCUT2D eigenvalue weighted by atomic mass is 16.5. The fourth-order valence-corrected chi connectivity index (χ4v) is 3.58. The molecule has 146 valence electrons. The summed E-state index contributed by atoms with van der Waals surface area (Å²) in [5.41, 5.74) is 0. The lowest BCUT2D eigenvalue weighted by molar-refractivity contribution is -0.861. The maximum atomic E-state index is 12.0. The van der Waals surface area contributed by atoms with Crippen LogP contribution >= 0.6 is 0 Å². The lowest BCUT2D eigenvalue weighted by Gasteiger charge is -2.38. The second-order valence-corrected chi connectivity index (χ2v) is 8.05. The second-order valence-electron chi connectivity index (χ2n) is 8.05. The molecule has 0 N–H and O–H groups in total. The predicted octanol–water partition coefficient (Wildman–Crippen LogP) is 7.60. The molecule has 0 saturated heterocycles. The van der Waals surface area contributed by atoms with E-state index >= 15 is 0 Å². The number of hydrogen-bond donors (Lipinski definition) is 0. The van der Waals surface area contributed by atoms with Crippen molar-refractivity contribution in [2.24, 2.45) is 0 Å². The molecule has 0 amide bonds. The number of nitrogens with zero attached hydrogens (tertiary/aromatic N) is 1. The summed E-state index contributed by atoms with van der Waals surface area (Å²) in [4.78, 5) is 0. The van der Waals surface area contributed by atoms with E-state index in [-0.39, 0.29) is 4.65 Å². The van der Waals surface area contributed by atoms with E-state index in [1.165, 1.54) is 96.3 Å². The molecule has 0 saturated carbocycles. The van der Waals surface area contributed by atoms with Crippen LogP contribution in [0.5, 0.6) is 0 Å². The molecule has 1 atom stereocenters. The van der Waals surface area contributed by atoms with Crippen molar-refractivity contribution in [3.05, 3.63) is 5.21 Å². The van der Waals surface area contributed by atoms with Gasteiger partial charge in [0.1, 0.15) is 0 Å². The molecular weight excluding hydrogens is 294 g/mol. The van der Waals surface area contributed by atoms with Gasteiger partial charge < -0.3 is 9.85 Å². The molecule has 0 aliphatic rings. The van der Waals surface area contributed by atoms with Crippen molar-refractivity contribution < 1.29 is 4.65 Å². The average Bonchev–Trinajstić information content (AvgIpc) is 2.54. The van der Waals surface area contributed by atoms with Crippen LogP contribution in [0.2, 0.25) is 0 Å². The first-order valence-corrected chi connectivity index (χ1v) is 11.2. The van der Waals surface area contributed by atoms with E-state index in [1.807, 2.05) is 7.05 Å². The van der Waals surface area contributed by atoms with Crippen molar-refractivity contribution in [1.29, 1.82) is 0 Å². The lowest BCUT2D eigenvalue weighted by Crippen LogP contribution is -2.38. The normalized spacial score (nSPS) is 14.0. The number of quaternary nitrogens is 1. The van der Waals surface area contributed by atoms with Crippen LogP contribution in [-0.2, 0) is 0 Å². The smallest absolute Gasteiger partial charge is 0.0781 e. The number of rotatable bonds is 19. The van der Waals surface area contributed by atoms with Gasteiger partial charge in [-0.05, 0) is 19.3 Å². The molecule has 0 aromatic carbocycles. The van der Waals surface area contributed by atoms with E-state index in [0.717, 1.165) is 25.9 Å². The Morgan fingerprint density at radius 1 is 0.458 bits per heavy atom. The van der Waals surface area contributed by atoms with Gasteiger partial charge in [-0.1, -0.05) is 104 Å². The summed E-state index contributed by atoms with van der Waals surface area (Å²) < 4.78 is -0.0326. The maximum Gasteiger partial charge on any atom is 0.0781 e. The van der Waals surface area contributed by atoms with Gasteiger partial charge in [-0.2, -0.15) is 0 Å². The molecule has 0 bridgehead atoms. The third kappa shape index (κ3) is 18.3. The summed E-state index contributed by atoms with van der Waals surface area (Å²) in [5.74, 6) is 0. The van der Waals surface area contributed by atoms with Crippen LogP contribution in [0.15, 0.2) is 0 Å². The lowest BCUT2D eigenvalue weighted by atomic mass is 10.0. The van der Waals surface area contributed by atoms with Crippen LogP contribution < -0.4 is 0 Å². The van der Waals surface area contributed by atoms with Crippen molar-refractivity contribution in [2.75, 3.05) is 20.1 Å². The molecule has 0 radical (unpaired) electrons. The summed E-state index contributed by atoms with van der Waals surface area (Å²) >= 11 is 0. The minimum atomic E-state index is -0.0326. The molecule has 0 aliphatic carbocycles. The van der Waals surface area contributed by atoms with Gasteiger partial charge in [-0.25, -0.2) is 0 Å². The van der Waals surface area contributed by atoms with Crippen molar-refractivity contribution in [2.45, 2.75) is 123 Å². The molecule has 2 nitrogen and oxygen atoms in total. The van der Waals surface area contributed by atoms with Crippen molar-refractivity contribution in [3.8, 4) is 0 Å². The first-order valence-electron chi connectivity index (χ1n) is 11.2. The summed E-state index contributed by atoms with van der Waals surface area (Å²) in [6.45, 7) is 5.97. The summed E-state index contributed by atoms with van der Waals surface area (Å²) in [5, 5.41) is 12.0. The van der Waals surface area contributed by atoms with E-state index in [1.54, 1.807) is 0 Å². The third-order valence-electron chi connectivity index (χ3n) is 5.18. The van der Waals surface area contributed by atoms with Crippen LogP contribution in [-0.4, -0.2) is 24.8 Å². The summed E-state index contributed by atoms with van der Waals surface area (Å²) in [7, 11) is 1.83. The number of hydroxylamine groups is 3. The standard InChI is InChI=1S/C22H47NO/c1-4-6-7-8-9-10-11-12-13-14-15-16-17-18-19-20-22-23(3,24)21-5-2/h4-22H2,1-3H3. The van der Waals surface area contributed by atoms with E-state index in [4.69, 9.17) is 0 Å². The maximum absolute atomic E-state index is 12.0. The highest BCUT2D eigenvalue weighted by Crippen LogP contribution is 2.14. The molecule has 1 unspecified atom stereocenters. The molecule has 0 aromatic rings. The Kier molecular flexibility index (Phi) is 17.7. The van der Waals surface area contributed by atoms with Gasteiger partial charge in [0.25, 0.3) is 0 Å². The van der Waals surface area contributed by atoms with Gasteiger partial charge in [0.2, 0.25) is 0 Å². The SMILES string of the molecule is CCCCCCCCCCCCCCCCCC[N+](C)([O-])CCC. The zero-order valence-electron chi connectivity index (χ0n) is 17.3. The Hall–Kier alpha value is -0.0800. The van der Waals surface area contributed by atoms with E-state index < -0.39 is 0 Å². The fraction of sp³-hybridized carbons (Fsp3) is 1.00. The molecule has 0 spiro atoms. The van der Waals surface area contributed by atoms with Gasteiger partial charge in [-0.15, -0.1) is 0 Å². The Morgan fingerprint density at radius 3 is 1.12 bits per heavy atom. The monoisotopic (exact) mass is 341 g/mol. The van der Waals surface area contributed by atoms with E-state index in [0.29, 0.717) is 0 Å². The highest BCUT2D eigenvalue weighted by molar-refractivity contribution is 4.50. The van der Waals surface area contributed by atoms with E-state index in [2.05, 4.69) is 13.8 Å². The Morgan fingerprint density at radius 2 is 0.792 bits per heavy atom. The third-order valence-corrected chi connectivity index (χ3v) is 5.18. The Bertz CT molecular complexity index is 240. The molecular formula is C22H47NO. The van der Waals surface area contributed by atoms with Gasteiger partial charge in [0, 0.05) is 0 Å². The molecule has 0 aliphatic heterocycles. The van der Waals surface area contributed by atoms with Gasteiger partial charge in [0.05, 0.1) is 20.1 Å². The summed E-state index contributed by atoms with van der Waals surface area (Å²) in [6.07, 6.45) is 23.2. The first-order chi connectivity index (χ1) is 11.6. The fourth-order valence-electron chi connectivity index (χ4n) is 3.58. The molecule has 24 heavy (non-hydrogen) atoms. The minimum absolute atomic E-state index is 0.0326. The minimum Gasteiger partial charge on any atom is -0.633 e. The van der Waals surface area contributed by atoms with Gasteiger partial charge in [0.15, 0.2) is 0 Å². The average molecular weight is 342 g/mol. The van der Waals surface area contributed by atoms with Crippen molar-refractivity contribution >= 4 is 0 Å². The number of hydrogen-bond acceptors (Lipinski definition) is 1. The largest absolute Gasteiger partial charge is 0.633 e. The Balaban J connectivity index is 3.10. The van der Waals surface area contributed by atoms with Crippen LogP contribution in [0, 0.1) is 5.21 Å². The van der Waals surface area contributed by atoms with Crippen LogP contribution in [0.3, 0.4) is 0 Å². The molecule has 0 aromatic heterocycles. The Labute approximate surface area is 153 Å². The zero-order chi connectivity index (χ0) is 17.9. The molecule has 0 rings (SSSR count). The molecule has 2 heteroatoms. The van der Waals surface area contributed by atoms with Gasteiger partial charge >= 0.3 is 0 Å². The zero-order valence-corrected chi connectivity index (χ0v) is 17.3. The van der Waals surface area contributed by atoms with Crippen LogP contribution in [0.1, 0.15) is 123 Å². The quantitative estimate of drug-likeness (QED) is 0.135. The summed E-state index contributed by atoms with van der Waals surface area (Å²) in [6, 6.07) is 0. The van der Waals surface area contributed by atoms with Crippen LogP contribution in [0.25, 0.3) is 0 Å². The van der Waals surface area contributed by atoms with Crippen LogP contribution in [0.4, 0.5) is 0 Å². The second kappa shape index (κ2) is 17.7. The van der Waals surface area contributed by atoms with Gasteiger partial charge in [-0.3, -0.25) is 0 Å². The topological polar surface area (TPSA) is 23.1 Å². The molecule has 0 fully saturated rings. The first kappa shape index (κ1) is 23.9. The van der Waals surface area contributed by atoms with Crippen molar-refractivity contribution in [1.82, 2.24) is 0 Å². The van der Waals surface area contributed by atoms with E-state index in [9.17, 15) is 5.21 Å².